The minimum absolute atomic E-state index is 0.0362. The number of alkyl halides is 1. The Hall–Kier alpha value is -0.600. The lowest BCUT2D eigenvalue weighted by Gasteiger charge is -2.15. The summed E-state index contributed by atoms with van der Waals surface area (Å²) in [4.78, 5) is 10.7. The molecule has 2 nitrogen and oxygen atoms in total. The number of rotatable bonds is 7. The van der Waals surface area contributed by atoms with Gasteiger partial charge in [0.15, 0.2) is 0 Å². The highest BCUT2D eigenvalue weighted by Crippen LogP contribution is 2.06. The first-order chi connectivity index (χ1) is 6.20. The molecule has 1 amide bonds. The van der Waals surface area contributed by atoms with Crippen molar-refractivity contribution in [2.24, 2.45) is 0 Å². The van der Waals surface area contributed by atoms with Gasteiger partial charge in [-0.1, -0.05) is 26.2 Å². The van der Waals surface area contributed by atoms with Crippen molar-refractivity contribution < 1.29 is 9.18 Å². The van der Waals surface area contributed by atoms with Crippen LogP contribution in [0.5, 0.6) is 0 Å². The van der Waals surface area contributed by atoms with Gasteiger partial charge in [0.25, 0.3) is 0 Å². The Labute approximate surface area is 79.9 Å². The Morgan fingerprint density at radius 2 is 2.08 bits per heavy atom. The first kappa shape index (κ1) is 12.4. The van der Waals surface area contributed by atoms with E-state index in [0.29, 0.717) is 6.42 Å². The summed E-state index contributed by atoms with van der Waals surface area (Å²) >= 11 is 0. The maximum absolute atomic E-state index is 12.1. The van der Waals surface area contributed by atoms with Crippen molar-refractivity contribution in [3.63, 3.8) is 0 Å². The quantitative estimate of drug-likeness (QED) is 0.612. The zero-order valence-electron chi connectivity index (χ0n) is 8.61. The van der Waals surface area contributed by atoms with E-state index in [0.717, 1.165) is 25.7 Å². The molecule has 3 heteroatoms. The first-order valence-corrected chi connectivity index (χ1v) is 5.03. The number of hydrogen-bond donors (Lipinski definition) is 1. The molecular weight excluding hydrogens is 169 g/mol. The minimum atomic E-state index is -0.350. The monoisotopic (exact) mass is 189 g/mol. The summed E-state index contributed by atoms with van der Waals surface area (Å²) in [6.07, 6.45) is 4.73. The van der Waals surface area contributed by atoms with E-state index in [9.17, 15) is 9.18 Å². The summed E-state index contributed by atoms with van der Waals surface area (Å²) in [6.45, 7) is 3.25. The summed E-state index contributed by atoms with van der Waals surface area (Å²) in [5.41, 5.74) is 0. The largest absolute Gasteiger partial charge is 0.354 e. The fourth-order valence-electron chi connectivity index (χ4n) is 1.35. The molecule has 0 aliphatic heterocycles. The van der Waals surface area contributed by atoms with Crippen LogP contribution < -0.4 is 5.32 Å². The van der Waals surface area contributed by atoms with E-state index in [4.69, 9.17) is 0 Å². The van der Waals surface area contributed by atoms with Crippen LogP contribution in [-0.2, 0) is 4.79 Å². The predicted octanol–water partition coefficient (Wildman–Crippen LogP) is 2.43. The van der Waals surface area contributed by atoms with Gasteiger partial charge in [0.05, 0.1) is 6.67 Å². The van der Waals surface area contributed by atoms with Crippen LogP contribution in [0.15, 0.2) is 0 Å². The highest BCUT2D eigenvalue weighted by molar-refractivity contribution is 5.73. The topological polar surface area (TPSA) is 29.1 Å². The van der Waals surface area contributed by atoms with Crippen LogP contribution >= 0.6 is 0 Å². The van der Waals surface area contributed by atoms with Gasteiger partial charge in [0.1, 0.15) is 0 Å². The molecule has 0 aromatic carbocycles. The highest BCUT2D eigenvalue weighted by atomic mass is 19.1. The molecule has 0 bridgehead atoms. The maximum Gasteiger partial charge on any atom is 0.217 e. The zero-order valence-corrected chi connectivity index (χ0v) is 8.61. The molecule has 0 heterocycles. The summed E-state index contributed by atoms with van der Waals surface area (Å²) < 4.78 is 12.1. The third kappa shape index (κ3) is 7.75. The van der Waals surface area contributed by atoms with Gasteiger partial charge >= 0.3 is 0 Å². The van der Waals surface area contributed by atoms with Crippen molar-refractivity contribution in [3.05, 3.63) is 0 Å². The Bertz CT molecular complexity index is 139. The van der Waals surface area contributed by atoms with Gasteiger partial charge < -0.3 is 5.32 Å². The van der Waals surface area contributed by atoms with E-state index in [1.165, 1.54) is 6.92 Å². The highest BCUT2D eigenvalue weighted by Gasteiger charge is 2.08. The molecule has 0 aromatic rings. The molecule has 0 aromatic heterocycles. The standard InChI is InChI=1S/C10H20FNO/c1-3-4-5-6-10(7-8-11)12-9(2)13/h10H,3-8H2,1-2H3,(H,12,13)/t10-/m0/s1. The van der Waals surface area contributed by atoms with Gasteiger partial charge in [-0.3, -0.25) is 9.18 Å². The molecule has 0 spiro atoms. The number of hydrogen-bond acceptors (Lipinski definition) is 1. The molecule has 13 heavy (non-hydrogen) atoms. The third-order valence-electron chi connectivity index (χ3n) is 2.02. The average molecular weight is 189 g/mol. The average Bonchev–Trinajstić information content (AvgIpc) is 2.04. The Morgan fingerprint density at radius 1 is 1.38 bits per heavy atom. The fourth-order valence-corrected chi connectivity index (χ4v) is 1.35. The lowest BCUT2D eigenvalue weighted by atomic mass is 10.1. The van der Waals surface area contributed by atoms with Gasteiger partial charge in [0.2, 0.25) is 5.91 Å². The summed E-state index contributed by atoms with van der Waals surface area (Å²) in [5.74, 6) is -0.0602. The van der Waals surface area contributed by atoms with Crippen molar-refractivity contribution in [3.8, 4) is 0 Å². The molecule has 0 fully saturated rings. The molecule has 1 N–H and O–H groups in total. The number of amides is 1. The molecule has 0 saturated carbocycles. The zero-order chi connectivity index (χ0) is 10.1. The summed E-state index contributed by atoms with van der Waals surface area (Å²) in [6, 6.07) is 0.0362. The lowest BCUT2D eigenvalue weighted by molar-refractivity contribution is -0.119. The minimum Gasteiger partial charge on any atom is -0.354 e. The van der Waals surface area contributed by atoms with Crippen molar-refractivity contribution in [1.29, 1.82) is 0 Å². The van der Waals surface area contributed by atoms with Crippen molar-refractivity contribution in [1.82, 2.24) is 5.32 Å². The molecule has 0 rings (SSSR count). The van der Waals surface area contributed by atoms with Gasteiger partial charge in [-0.2, -0.15) is 0 Å². The molecule has 0 aliphatic carbocycles. The van der Waals surface area contributed by atoms with Crippen LogP contribution in [0.25, 0.3) is 0 Å². The Morgan fingerprint density at radius 3 is 2.54 bits per heavy atom. The second-order valence-corrected chi connectivity index (χ2v) is 3.37. The van der Waals surface area contributed by atoms with Gasteiger partial charge in [-0.05, 0) is 12.8 Å². The van der Waals surface area contributed by atoms with Crippen LogP contribution in [0, 0.1) is 0 Å². The molecule has 78 valence electrons. The number of nitrogens with one attached hydrogen (secondary N) is 1. The molecule has 1 atom stereocenters. The van der Waals surface area contributed by atoms with Crippen molar-refractivity contribution in [2.45, 2.75) is 52.0 Å². The SMILES string of the molecule is CCCCC[C@@H](CCF)NC(C)=O. The van der Waals surface area contributed by atoms with E-state index in [2.05, 4.69) is 12.2 Å². The lowest BCUT2D eigenvalue weighted by Crippen LogP contribution is -2.33. The number of carbonyl (C=O) groups is 1. The van der Waals surface area contributed by atoms with E-state index in [1.807, 2.05) is 0 Å². The summed E-state index contributed by atoms with van der Waals surface area (Å²) in [5, 5.41) is 2.76. The van der Waals surface area contributed by atoms with Crippen LogP contribution in [0.2, 0.25) is 0 Å². The molecule has 0 aliphatic rings. The molecular formula is C10H20FNO. The van der Waals surface area contributed by atoms with E-state index < -0.39 is 0 Å². The predicted molar refractivity (Wildman–Crippen MR) is 52.3 cm³/mol. The van der Waals surface area contributed by atoms with Crippen LogP contribution in [-0.4, -0.2) is 18.6 Å². The summed E-state index contributed by atoms with van der Waals surface area (Å²) in [7, 11) is 0. The smallest absolute Gasteiger partial charge is 0.217 e. The first-order valence-electron chi connectivity index (χ1n) is 5.03. The van der Waals surface area contributed by atoms with Crippen LogP contribution in [0.1, 0.15) is 46.0 Å². The molecule has 0 radical (unpaired) electrons. The number of halogens is 1. The fraction of sp³-hybridized carbons (Fsp3) is 0.900. The van der Waals surface area contributed by atoms with Crippen LogP contribution in [0.4, 0.5) is 4.39 Å². The molecule has 0 unspecified atom stereocenters. The Kier molecular flexibility index (Phi) is 7.65. The van der Waals surface area contributed by atoms with Gasteiger partial charge in [0, 0.05) is 13.0 Å². The van der Waals surface area contributed by atoms with E-state index >= 15 is 0 Å². The number of carbonyl (C=O) groups excluding carboxylic acids is 1. The van der Waals surface area contributed by atoms with Crippen molar-refractivity contribution >= 4 is 5.91 Å². The third-order valence-corrected chi connectivity index (χ3v) is 2.02. The second kappa shape index (κ2) is 8.02. The van der Waals surface area contributed by atoms with Crippen molar-refractivity contribution in [2.75, 3.05) is 6.67 Å². The van der Waals surface area contributed by atoms with Crippen LogP contribution in [0.3, 0.4) is 0 Å². The number of unbranched alkanes of at least 4 members (excludes halogenated alkanes) is 2. The Balaban J connectivity index is 3.59. The van der Waals surface area contributed by atoms with Gasteiger partial charge in [-0.25, -0.2) is 0 Å². The molecule has 0 saturated heterocycles. The van der Waals surface area contributed by atoms with Gasteiger partial charge in [-0.15, -0.1) is 0 Å². The van der Waals surface area contributed by atoms with E-state index in [1.54, 1.807) is 0 Å². The van der Waals surface area contributed by atoms with E-state index in [-0.39, 0.29) is 18.6 Å². The second-order valence-electron chi connectivity index (χ2n) is 3.37. The maximum atomic E-state index is 12.1. The normalized spacial score (nSPS) is 12.5.